The van der Waals surface area contributed by atoms with E-state index in [0.717, 1.165) is 11.1 Å². The fraction of sp³-hybridized carbons (Fsp3) is 0.385. The minimum absolute atomic E-state index is 0.0772. The molecule has 17 heavy (non-hydrogen) atoms. The standard InChI is InChI=1S/C13H19N3O/c1-9(2)10-4-5-11(12(14)6-10)7-16-8-13(17)15-3/h4-7,9,14,16H,8H2,1-3H3,(H,15,17)/b11-7-,14-12?. The smallest absolute Gasteiger partial charge is 0.239 e. The lowest BCUT2D eigenvalue weighted by atomic mass is 9.94. The minimum atomic E-state index is -0.0772. The Morgan fingerprint density at radius 3 is 2.71 bits per heavy atom. The van der Waals surface area contributed by atoms with Crippen molar-refractivity contribution in [3.63, 3.8) is 0 Å². The number of carbonyl (C=O) groups excluding carboxylic acids is 1. The van der Waals surface area contributed by atoms with E-state index in [4.69, 9.17) is 5.41 Å². The molecule has 0 atom stereocenters. The third-order valence-electron chi connectivity index (χ3n) is 2.54. The summed E-state index contributed by atoms with van der Waals surface area (Å²) in [6.45, 7) is 4.42. The lowest BCUT2D eigenvalue weighted by Gasteiger charge is -2.13. The summed E-state index contributed by atoms with van der Waals surface area (Å²) in [4.78, 5) is 11.0. The average Bonchev–Trinajstić information content (AvgIpc) is 2.30. The van der Waals surface area contributed by atoms with Crippen LogP contribution in [-0.4, -0.2) is 25.2 Å². The monoisotopic (exact) mass is 233 g/mol. The summed E-state index contributed by atoms with van der Waals surface area (Å²) >= 11 is 0. The molecule has 0 aromatic heterocycles. The zero-order valence-corrected chi connectivity index (χ0v) is 10.5. The van der Waals surface area contributed by atoms with Crippen LogP contribution in [0.1, 0.15) is 13.8 Å². The molecule has 4 heteroatoms. The van der Waals surface area contributed by atoms with Crippen molar-refractivity contribution in [3.05, 3.63) is 35.6 Å². The van der Waals surface area contributed by atoms with Gasteiger partial charge in [0, 0.05) is 18.8 Å². The fourth-order valence-electron chi connectivity index (χ4n) is 1.40. The summed E-state index contributed by atoms with van der Waals surface area (Å²) in [6.07, 6.45) is 7.46. The minimum Gasteiger partial charge on any atom is -0.382 e. The third-order valence-corrected chi connectivity index (χ3v) is 2.54. The summed E-state index contributed by atoms with van der Waals surface area (Å²) in [5.74, 6) is 0.346. The summed E-state index contributed by atoms with van der Waals surface area (Å²) in [5, 5.41) is 13.3. The molecule has 0 saturated heterocycles. The largest absolute Gasteiger partial charge is 0.382 e. The van der Waals surface area contributed by atoms with Crippen LogP contribution in [0.2, 0.25) is 0 Å². The second-order valence-corrected chi connectivity index (χ2v) is 4.20. The van der Waals surface area contributed by atoms with Gasteiger partial charge in [0.25, 0.3) is 0 Å². The predicted molar refractivity (Wildman–Crippen MR) is 69.9 cm³/mol. The average molecular weight is 233 g/mol. The SMILES string of the molecule is CNC(=O)CN/C=C1/C=CC(C(C)C)=CC1=N. The van der Waals surface area contributed by atoms with E-state index in [0.29, 0.717) is 11.6 Å². The maximum absolute atomic E-state index is 11.0. The van der Waals surface area contributed by atoms with E-state index in [2.05, 4.69) is 24.5 Å². The Morgan fingerprint density at radius 2 is 2.18 bits per heavy atom. The molecule has 0 spiro atoms. The molecule has 0 aliphatic heterocycles. The molecule has 92 valence electrons. The van der Waals surface area contributed by atoms with Crippen LogP contribution in [0.5, 0.6) is 0 Å². The van der Waals surface area contributed by atoms with Crippen molar-refractivity contribution in [1.82, 2.24) is 10.6 Å². The predicted octanol–water partition coefficient (Wildman–Crippen LogP) is 1.38. The highest BCUT2D eigenvalue weighted by Gasteiger charge is 2.09. The van der Waals surface area contributed by atoms with E-state index in [1.165, 1.54) is 0 Å². The van der Waals surface area contributed by atoms with E-state index < -0.39 is 0 Å². The van der Waals surface area contributed by atoms with Crippen LogP contribution in [0, 0.1) is 11.3 Å². The lowest BCUT2D eigenvalue weighted by molar-refractivity contribution is -0.119. The van der Waals surface area contributed by atoms with Gasteiger partial charge >= 0.3 is 0 Å². The first-order valence-corrected chi connectivity index (χ1v) is 5.67. The van der Waals surface area contributed by atoms with Gasteiger partial charge in [-0.25, -0.2) is 0 Å². The van der Waals surface area contributed by atoms with Gasteiger partial charge in [-0.3, -0.25) is 4.79 Å². The summed E-state index contributed by atoms with van der Waals surface area (Å²) in [5.41, 5.74) is 2.41. The molecule has 0 unspecified atom stereocenters. The van der Waals surface area contributed by atoms with Crippen LogP contribution in [0.4, 0.5) is 0 Å². The molecule has 0 fully saturated rings. The van der Waals surface area contributed by atoms with Gasteiger partial charge in [-0.2, -0.15) is 0 Å². The Kier molecular flexibility index (Phi) is 4.69. The molecule has 0 radical (unpaired) electrons. The normalized spacial score (nSPS) is 17.3. The van der Waals surface area contributed by atoms with Gasteiger partial charge in [0.15, 0.2) is 0 Å². The number of allylic oxidation sites excluding steroid dienone is 5. The highest BCUT2D eigenvalue weighted by Crippen LogP contribution is 2.18. The van der Waals surface area contributed by atoms with Crippen molar-refractivity contribution in [2.24, 2.45) is 5.92 Å². The van der Waals surface area contributed by atoms with Crippen molar-refractivity contribution in [2.75, 3.05) is 13.6 Å². The molecule has 0 bridgehead atoms. The number of amides is 1. The molecule has 4 nitrogen and oxygen atoms in total. The third kappa shape index (κ3) is 3.90. The first-order valence-electron chi connectivity index (χ1n) is 5.67. The van der Waals surface area contributed by atoms with Crippen LogP contribution in [0.15, 0.2) is 35.6 Å². The number of carbonyl (C=O) groups is 1. The maximum atomic E-state index is 11.0. The van der Waals surface area contributed by atoms with Gasteiger partial charge in [0.2, 0.25) is 5.91 Å². The lowest BCUT2D eigenvalue weighted by Crippen LogP contribution is -2.29. The molecular formula is C13H19N3O. The van der Waals surface area contributed by atoms with Crippen LogP contribution in [-0.2, 0) is 4.79 Å². The summed E-state index contributed by atoms with van der Waals surface area (Å²) in [6, 6.07) is 0. The quantitative estimate of drug-likeness (QED) is 0.686. The Hall–Kier alpha value is -1.84. The molecule has 1 aliphatic carbocycles. The number of hydrogen-bond donors (Lipinski definition) is 3. The van der Waals surface area contributed by atoms with E-state index in [1.807, 2.05) is 18.2 Å². The second-order valence-electron chi connectivity index (χ2n) is 4.20. The van der Waals surface area contributed by atoms with Gasteiger partial charge in [0.1, 0.15) is 0 Å². The van der Waals surface area contributed by atoms with Gasteiger partial charge in [-0.1, -0.05) is 26.0 Å². The Labute approximate surface area is 102 Å². The van der Waals surface area contributed by atoms with Crippen molar-refractivity contribution >= 4 is 11.6 Å². The van der Waals surface area contributed by atoms with Crippen molar-refractivity contribution in [1.29, 1.82) is 5.41 Å². The zero-order chi connectivity index (χ0) is 12.8. The van der Waals surface area contributed by atoms with Crippen LogP contribution in [0.3, 0.4) is 0 Å². The number of nitrogens with one attached hydrogen (secondary N) is 3. The number of likely N-dealkylation sites (N-methyl/N-ethyl adjacent to an activating group) is 1. The van der Waals surface area contributed by atoms with Crippen molar-refractivity contribution < 1.29 is 4.79 Å². The zero-order valence-electron chi connectivity index (χ0n) is 10.5. The topological polar surface area (TPSA) is 65.0 Å². The fourth-order valence-corrected chi connectivity index (χ4v) is 1.40. The number of hydrogen-bond acceptors (Lipinski definition) is 3. The van der Waals surface area contributed by atoms with Gasteiger partial charge < -0.3 is 16.0 Å². The van der Waals surface area contributed by atoms with Gasteiger partial charge in [-0.15, -0.1) is 0 Å². The molecule has 1 rings (SSSR count). The molecular weight excluding hydrogens is 214 g/mol. The highest BCUT2D eigenvalue weighted by molar-refractivity contribution is 6.10. The van der Waals surface area contributed by atoms with Crippen LogP contribution < -0.4 is 10.6 Å². The Balaban J connectivity index is 2.59. The van der Waals surface area contributed by atoms with E-state index >= 15 is 0 Å². The first kappa shape index (κ1) is 13.2. The molecule has 0 aromatic rings. The van der Waals surface area contributed by atoms with Crippen LogP contribution >= 0.6 is 0 Å². The van der Waals surface area contributed by atoms with E-state index in [9.17, 15) is 4.79 Å². The Morgan fingerprint density at radius 1 is 1.47 bits per heavy atom. The van der Waals surface area contributed by atoms with Gasteiger partial charge in [-0.05, 0) is 17.6 Å². The summed E-state index contributed by atoms with van der Waals surface area (Å²) < 4.78 is 0. The van der Waals surface area contributed by atoms with Crippen molar-refractivity contribution in [2.45, 2.75) is 13.8 Å². The summed E-state index contributed by atoms with van der Waals surface area (Å²) in [7, 11) is 1.59. The molecule has 0 heterocycles. The molecule has 0 saturated carbocycles. The maximum Gasteiger partial charge on any atom is 0.239 e. The molecule has 1 amide bonds. The second kappa shape index (κ2) is 6.03. The molecule has 1 aliphatic rings. The van der Waals surface area contributed by atoms with Crippen LogP contribution in [0.25, 0.3) is 0 Å². The van der Waals surface area contributed by atoms with Crippen molar-refractivity contribution in [3.8, 4) is 0 Å². The Bertz CT molecular complexity index is 403. The van der Waals surface area contributed by atoms with E-state index in [1.54, 1.807) is 13.2 Å². The van der Waals surface area contributed by atoms with Gasteiger partial charge in [0.05, 0.1) is 12.3 Å². The molecule has 3 N–H and O–H groups in total. The molecule has 0 aromatic carbocycles. The highest BCUT2D eigenvalue weighted by atomic mass is 16.1. The number of rotatable bonds is 4. The first-order chi connectivity index (χ1) is 8.04. The van der Waals surface area contributed by atoms with E-state index in [-0.39, 0.29) is 12.5 Å².